The first-order valence-electron chi connectivity index (χ1n) is 8.89. The molecule has 28 heavy (non-hydrogen) atoms. The number of carbonyl (C=O) groups excluding carboxylic acids is 1. The summed E-state index contributed by atoms with van der Waals surface area (Å²) < 4.78 is 6.01. The highest BCUT2D eigenvalue weighted by molar-refractivity contribution is 6.30. The third-order valence-corrected chi connectivity index (χ3v) is 4.54. The average Bonchev–Trinajstić information content (AvgIpc) is 2.69. The van der Waals surface area contributed by atoms with Crippen molar-refractivity contribution in [3.63, 3.8) is 0 Å². The second kappa shape index (κ2) is 9.24. The van der Waals surface area contributed by atoms with Crippen molar-refractivity contribution in [3.05, 3.63) is 76.8 Å². The van der Waals surface area contributed by atoms with E-state index < -0.39 is 5.97 Å². The minimum Gasteiger partial charge on any atom is -0.489 e. The molecule has 0 aliphatic heterocycles. The Morgan fingerprint density at radius 3 is 2.61 bits per heavy atom. The maximum atomic E-state index is 12.0. The number of carboxylic acids is 1. The molecule has 3 aromatic rings. The van der Waals surface area contributed by atoms with Crippen molar-refractivity contribution in [2.45, 2.75) is 26.0 Å². The molecule has 0 atom stereocenters. The van der Waals surface area contributed by atoms with E-state index in [0.717, 1.165) is 21.9 Å². The van der Waals surface area contributed by atoms with Crippen LogP contribution >= 0.6 is 11.6 Å². The SMILES string of the molecule is O=C(O)CCC(=O)NCc1c(OCc2cccc(Cl)c2)ccc2ccccc12. The van der Waals surface area contributed by atoms with Crippen LogP contribution in [0.15, 0.2) is 60.7 Å². The maximum Gasteiger partial charge on any atom is 0.303 e. The summed E-state index contributed by atoms with van der Waals surface area (Å²) in [5.41, 5.74) is 1.79. The number of fused-ring (bicyclic) bond motifs is 1. The van der Waals surface area contributed by atoms with Gasteiger partial charge in [0, 0.05) is 23.6 Å². The third kappa shape index (κ3) is 5.24. The summed E-state index contributed by atoms with van der Waals surface area (Å²) in [6.07, 6.45) is -0.252. The monoisotopic (exact) mass is 397 g/mol. The molecule has 1 amide bonds. The minimum atomic E-state index is -0.995. The van der Waals surface area contributed by atoms with Gasteiger partial charge >= 0.3 is 5.97 Å². The molecule has 144 valence electrons. The number of carboxylic acid groups (broad SMARTS) is 1. The lowest BCUT2D eigenvalue weighted by atomic mass is 10.0. The minimum absolute atomic E-state index is 0.0567. The van der Waals surface area contributed by atoms with Crippen LogP contribution in [0.4, 0.5) is 0 Å². The van der Waals surface area contributed by atoms with Crippen molar-refractivity contribution in [1.29, 1.82) is 0 Å². The van der Waals surface area contributed by atoms with Crippen molar-refractivity contribution in [2.24, 2.45) is 0 Å². The number of halogens is 1. The number of ether oxygens (including phenoxy) is 1. The Kier molecular flexibility index (Phi) is 6.50. The highest BCUT2D eigenvalue weighted by Gasteiger charge is 2.12. The number of amides is 1. The quantitative estimate of drug-likeness (QED) is 0.584. The van der Waals surface area contributed by atoms with E-state index in [-0.39, 0.29) is 25.3 Å². The molecular weight excluding hydrogens is 378 g/mol. The van der Waals surface area contributed by atoms with E-state index >= 15 is 0 Å². The number of hydrogen-bond acceptors (Lipinski definition) is 3. The number of aliphatic carboxylic acids is 1. The molecule has 5 nitrogen and oxygen atoms in total. The molecule has 0 unspecified atom stereocenters. The van der Waals surface area contributed by atoms with E-state index in [2.05, 4.69) is 5.32 Å². The second-order valence-corrected chi connectivity index (χ2v) is 6.79. The molecule has 0 saturated carbocycles. The Morgan fingerprint density at radius 1 is 1.00 bits per heavy atom. The van der Waals surface area contributed by atoms with Gasteiger partial charge in [-0.25, -0.2) is 0 Å². The van der Waals surface area contributed by atoms with Gasteiger partial charge in [0.1, 0.15) is 12.4 Å². The van der Waals surface area contributed by atoms with Gasteiger partial charge in [-0.3, -0.25) is 9.59 Å². The zero-order valence-electron chi connectivity index (χ0n) is 15.2. The Hall–Kier alpha value is -3.05. The first-order valence-corrected chi connectivity index (χ1v) is 9.27. The zero-order chi connectivity index (χ0) is 19.9. The fraction of sp³-hybridized carbons (Fsp3) is 0.182. The van der Waals surface area contributed by atoms with Crippen LogP contribution in [-0.4, -0.2) is 17.0 Å². The molecule has 0 aliphatic rings. The van der Waals surface area contributed by atoms with Gasteiger partial charge in [-0.05, 0) is 34.5 Å². The highest BCUT2D eigenvalue weighted by Crippen LogP contribution is 2.29. The van der Waals surface area contributed by atoms with Gasteiger partial charge < -0.3 is 15.2 Å². The van der Waals surface area contributed by atoms with Crippen molar-refractivity contribution >= 4 is 34.2 Å². The summed E-state index contributed by atoms with van der Waals surface area (Å²) in [6.45, 7) is 0.601. The van der Waals surface area contributed by atoms with Crippen molar-refractivity contribution in [3.8, 4) is 5.75 Å². The average molecular weight is 398 g/mol. The summed E-state index contributed by atoms with van der Waals surface area (Å²) in [5, 5.41) is 14.2. The summed E-state index contributed by atoms with van der Waals surface area (Å²) in [7, 11) is 0. The predicted molar refractivity (Wildman–Crippen MR) is 108 cm³/mol. The fourth-order valence-electron chi connectivity index (χ4n) is 2.92. The standard InChI is InChI=1S/C22H20ClNO4/c23-17-6-3-4-15(12-17)14-28-20-9-8-16-5-1-2-7-18(16)19(20)13-24-21(25)10-11-22(26)27/h1-9,12H,10-11,13-14H2,(H,24,25)(H,26,27). The molecule has 6 heteroatoms. The van der Waals surface area contributed by atoms with Crippen molar-refractivity contribution in [1.82, 2.24) is 5.32 Å². The topological polar surface area (TPSA) is 75.6 Å². The van der Waals surface area contributed by atoms with Crippen molar-refractivity contribution in [2.75, 3.05) is 0 Å². The van der Waals surface area contributed by atoms with Gasteiger partial charge in [0.25, 0.3) is 0 Å². The summed E-state index contributed by atoms with van der Waals surface area (Å²) in [4.78, 5) is 22.6. The lowest BCUT2D eigenvalue weighted by molar-refractivity contribution is -0.138. The number of carbonyl (C=O) groups is 2. The van der Waals surface area contributed by atoms with E-state index in [1.165, 1.54) is 0 Å². The molecule has 0 fully saturated rings. The molecule has 0 radical (unpaired) electrons. The van der Waals surface area contributed by atoms with E-state index in [9.17, 15) is 9.59 Å². The van der Waals surface area contributed by atoms with Crippen molar-refractivity contribution < 1.29 is 19.4 Å². The Balaban J connectivity index is 1.80. The Bertz CT molecular complexity index is 1000. The van der Waals surface area contributed by atoms with Crippen LogP contribution in [0.5, 0.6) is 5.75 Å². The second-order valence-electron chi connectivity index (χ2n) is 6.35. The van der Waals surface area contributed by atoms with Crippen LogP contribution in [0.2, 0.25) is 5.02 Å². The molecule has 0 spiro atoms. The molecule has 3 aromatic carbocycles. The molecule has 2 N–H and O–H groups in total. The third-order valence-electron chi connectivity index (χ3n) is 4.31. The van der Waals surface area contributed by atoms with E-state index in [1.807, 2.05) is 54.6 Å². The van der Waals surface area contributed by atoms with E-state index in [1.54, 1.807) is 6.07 Å². The van der Waals surface area contributed by atoms with E-state index in [0.29, 0.717) is 17.4 Å². The molecule has 0 heterocycles. The maximum absolute atomic E-state index is 12.0. The number of nitrogens with one attached hydrogen (secondary N) is 1. The van der Waals surface area contributed by atoms with Gasteiger partial charge in [0.05, 0.1) is 6.42 Å². The first kappa shape index (κ1) is 19.7. The summed E-state index contributed by atoms with van der Waals surface area (Å²) in [5.74, 6) is -0.640. The lowest BCUT2D eigenvalue weighted by Crippen LogP contribution is -2.23. The molecule has 0 aromatic heterocycles. The largest absolute Gasteiger partial charge is 0.489 e. The summed E-state index contributed by atoms with van der Waals surface area (Å²) in [6, 6.07) is 19.1. The Morgan fingerprint density at radius 2 is 1.82 bits per heavy atom. The molecule has 0 bridgehead atoms. The van der Waals surface area contributed by atoms with Crippen LogP contribution < -0.4 is 10.1 Å². The number of hydrogen-bond donors (Lipinski definition) is 2. The van der Waals surface area contributed by atoms with Gasteiger partial charge in [0.15, 0.2) is 0 Å². The molecular formula is C22H20ClNO4. The number of benzene rings is 3. The van der Waals surface area contributed by atoms with Gasteiger partial charge in [-0.15, -0.1) is 0 Å². The van der Waals surface area contributed by atoms with Crippen LogP contribution in [-0.2, 0) is 22.7 Å². The zero-order valence-corrected chi connectivity index (χ0v) is 15.9. The molecule has 0 aliphatic carbocycles. The molecule has 0 saturated heterocycles. The van der Waals surface area contributed by atoms with Crippen LogP contribution in [0.3, 0.4) is 0 Å². The fourth-order valence-corrected chi connectivity index (χ4v) is 3.13. The predicted octanol–water partition coefficient (Wildman–Crippen LogP) is 4.55. The lowest BCUT2D eigenvalue weighted by Gasteiger charge is -2.15. The smallest absolute Gasteiger partial charge is 0.303 e. The summed E-state index contributed by atoms with van der Waals surface area (Å²) >= 11 is 6.03. The first-order chi connectivity index (χ1) is 13.5. The van der Waals surface area contributed by atoms with Crippen LogP contribution in [0.25, 0.3) is 10.8 Å². The normalized spacial score (nSPS) is 10.6. The van der Waals surface area contributed by atoms with Gasteiger partial charge in [0.2, 0.25) is 5.91 Å². The Labute approximate surface area is 167 Å². The molecule has 3 rings (SSSR count). The van der Waals surface area contributed by atoms with Gasteiger partial charge in [-0.1, -0.05) is 54.1 Å². The van der Waals surface area contributed by atoms with Crippen LogP contribution in [0, 0.1) is 0 Å². The van der Waals surface area contributed by atoms with Crippen LogP contribution in [0.1, 0.15) is 24.0 Å². The highest BCUT2D eigenvalue weighted by atomic mass is 35.5. The van der Waals surface area contributed by atoms with E-state index in [4.69, 9.17) is 21.4 Å². The number of rotatable bonds is 8. The van der Waals surface area contributed by atoms with Gasteiger partial charge in [-0.2, -0.15) is 0 Å².